The molecule has 2 aromatic heterocycles. The average Bonchev–Trinajstić information content (AvgIpc) is 3.37. The Morgan fingerprint density at radius 3 is 2.55 bits per heavy atom. The van der Waals surface area contributed by atoms with Gasteiger partial charge in [0.05, 0.1) is 31.5 Å². The molecular formula is C21H23N3O4S. The van der Waals surface area contributed by atoms with Crippen LogP contribution in [-0.4, -0.2) is 33.9 Å². The normalized spacial score (nSPS) is 12.0. The average molecular weight is 413 g/mol. The minimum Gasteiger partial charge on any atom is -0.504 e. The summed E-state index contributed by atoms with van der Waals surface area (Å²) in [5.41, 5.74) is 1.81. The highest BCUT2D eigenvalue weighted by Gasteiger charge is 2.24. The second kappa shape index (κ2) is 8.91. The van der Waals surface area contributed by atoms with E-state index in [1.165, 1.54) is 34.9 Å². The van der Waals surface area contributed by atoms with Crippen LogP contribution in [0, 0.1) is 0 Å². The smallest absolute Gasteiger partial charge is 0.307 e. The lowest BCUT2D eigenvalue weighted by Gasteiger charge is -2.15. The number of hydrogen-bond donors (Lipinski definition) is 2. The van der Waals surface area contributed by atoms with E-state index >= 15 is 0 Å². The van der Waals surface area contributed by atoms with E-state index in [-0.39, 0.29) is 17.9 Å². The molecule has 7 nitrogen and oxygen atoms in total. The zero-order chi connectivity index (χ0) is 21.0. The Labute approximate surface area is 172 Å². The highest BCUT2D eigenvalue weighted by atomic mass is 32.1. The number of benzene rings is 1. The summed E-state index contributed by atoms with van der Waals surface area (Å²) in [5, 5.41) is 19.1. The van der Waals surface area contributed by atoms with Gasteiger partial charge in [0.15, 0.2) is 11.4 Å². The predicted octanol–water partition coefficient (Wildman–Crippen LogP) is 3.80. The van der Waals surface area contributed by atoms with Gasteiger partial charge >= 0.3 is 5.97 Å². The minimum absolute atomic E-state index is 0.0130. The topological polar surface area (TPSA) is 93.5 Å². The van der Waals surface area contributed by atoms with Crippen LogP contribution >= 0.6 is 11.3 Å². The molecule has 0 aliphatic heterocycles. The molecule has 0 saturated heterocycles. The van der Waals surface area contributed by atoms with Crippen LogP contribution in [0.3, 0.4) is 0 Å². The molecule has 2 heterocycles. The van der Waals surface area contributed by atoms with Crippen LogP contribution in [0.15, 0.2) is 48.0 Å². The molecule has 1 amide bonds. The summed E-state index contributed by atoms with van der Waals surface area (Å²) in [4.78, 5) is 25.3. The van der Waals surface area contributed by atoms with Gasteiger partial charge < -0.3 is 15.2 Å². The number of carbonyl (C=O) groups excluding carboxylic acids is 2. The lowest BCUT2D eigenvalue weighted by Crippen LogP contribution is -2.30. The fourth-order valence-corrected chi connectivity index (χ4v) is 3.64. The first kappa shape index (κ1) is 20.6. The van der Waals surface area contributed by atoms with Crippen LogP contribution in [0.25, 0.3) is 5.69 Å². The first-order valence-electron chi connectivity index (χ1n) is 9.19. The van der Waals surface area contributed by atoms with Gasteiger partial charge in [-0.15, -0.1) is 11.3 Å². The summed E-state index contributed by atoms with van der Waals surface area (Å²) >= 11 is 1.42. The molecular weight excluding hydrogens is 390 g/mol. The van der Waals surface area contributed by atoms with E-state index < -0.39 is 17.9 Å². The largest absolute Gasteiger partial charge is 0.504 e. The monoisotopic (exact) mass is 413 g/mol. The molecule has 0 aliphatic carbocycles. The van der Waals surface area contributed by atoms with Gasteiger partial charge in [-0.25, -0.2) is 4.68 Å². The summed E-state index contributed by atoms with van der Waals surface area (Å²) < 4.78 is 6.18. The van der Waals surface area contributed by atoms with E-state index in [9.17, 15) is 14.7 Å². The molecule has 1 atom stereocenters. The van der Waals surface area contributed by atoms with E-state index in [0.29, 0.717) is 5.92 Å². The van der Waals surface area contributed by atoms with Crippen LogP contribution in [0.5, 0.6) is 5.75 Å². The van der Waals surface area contributed by atoms with Gasteiger partial charge in [0, 0.05) is 4.88 Å². The molecule has 0 bridgehead atoms. The molecule has 152 valence electrons. The number of ether oxygens (including phenoxy) is 1. The predicted molar refractivity (Wildman–Crippen MR) is 110 cm³/mol. The van der Waals surface area contributed by atoms with Crippen LogP contribution in [-0.2, 0) is 9.53 Å². The van der Waals surface area contributed by atoms with Crippen molar-refractivity contribution < 1.29 is 19.4 Å². The number of aromatic nitrogens is 2. The van der Waals surface area contributed by atoms with Crippen molar-refractivity contribution in [2.45, 2.75) is 32.2 Å². The molecule has 3 aromatic rings. The molecule has 0 aliphatic rings. The maximum Gasteiger partial charge on any atom is 0.307 e. The first-order chi connectivity index (χ1) is 13.9. The maximum absolute atomic E-state index is 12.7. The second-order valence-corrected chi connectivity index (χ2v) is 7.85. The van der Waals surface area contributed by atoms with E-state index in [1.54, 1.807) is 0 Å². The summed E-state index contributed by atoms with van der Waals surface area (Å²) in [7, 11) is 1.30. The van der Waals surface area contributed by atoms with Gasteiger partial charge in [-0.2, -0.15) is 5.10 Å². The van der Waals surface area contributed by atoms with Crippen molar-refractivity contribution in [2.24, 2.45) is 0 Å². The van der Waals surface area contributed by atoms with E-state index in [1.807, 2.05) is 41.8 Å². The van der Waals surface area contributed by atoms with E-state index in [2.05, 4.69) is 24.3 Å². The van der Waals surface area contributed by atoms with Crippen LogP contribution in [0.1, 0.15) is 53.2 Å². The molecule has 29 heavy (non-hydrogen) atoms. The third-order valence-corrected chi connectivity index (χ3v) is 5.51. The van der Waals surface area contributed by atoms with Crippen LogP contribution in [0.4, 0.5) is 0 Å². The Morgan fingerprint density at radius 2 is 1.97 bits per heavy atom. The fourth-order valence-electron chi connectivity index (χ4n) is 2.86. The van der Waals surface area contributed by atoms with Crippen molar-refractivity contribution in [3.05, 3.63) is 64.1 Å². The van der Waals surface area contributed by atoms with Gasteiger partial charge in [-0.05, 0) is 35.1 Å². The van der Waals surface area contributed by atoms with Gasteiger partial charge in [-0.3, -0.25) is 9.59 Å². The first-order valence-corrected chi connectivity index (χ1v) is 10.1. The third-order valence-electron chi connectivity index (χ3n) is 4.52. The Morgan fingerprint density at radius 1 is 1.24 bits per heavy atom. The Hall–Kier alpha value is -3.13. The summed E-state index contributed by atoms with van der Waals surface area (Å²) in [5.74, 6) is -0.843. The number of carbonyl (C=O) groups is 2. The summed E-state index contributed by atoms with van der Waals surface area (Å²) in [6, 6.07) is 10.8. The molecule has 1 unspecified atom stereocenters. The second-order valence-electron chi connectivity index (χ2n) is 6.88. The van der Waals surface area contributed by atoms with Gasteiger partial charge in [0.2, 0.25) is 0 Å². The van der Waals surface area contributed by atoms with Gasteiger partial charge in [0.1, 0.15) is 0 Å². The fraction of sp³-hybridized carbons (Fsp3) is 0.286. The van der Waals surface area contributed by atoms with Crippen molar-refractivity contribution in [1.82, 2.24) is 15.1 Å². The molecule has 0 saturated carbocycles. The Balaban J connectivity index is 1.80. The minimum atomic E-state index is -0.567. The van der Waals surface area contributed by atoms with Gasteiger partial charge in [-0.1, -0.05) is 32.0 Å². The number of nitrogens with zero attached hydrogens (tertiary/aromatic N) is 2. The number of esters is 1. The number of hydrogen-bond acceptors (Lipinski definition) is 6. The number of thiophene rings is 1. The zero-order valence-corrected chi connectivity index (χ0v) is 17.3. The Bertz CT molecular complexity index is 978. The third kappa shape index (κ3) is 4.83. The highest BCUT2D eigenvalue weighted by Crippen LogP contribution is 2.25. The maximum atomic E-state index is 12.7. The highest BCUT2D eigenvalue weighted by molar-refractivity contribution is 7.10. The number of amides is 1. The summed E-state index contributed by atoms with van der Waals surface area (Å²) in [6.45, 7) is 4.21. The van der Waals surface area contributed by atoms with Crippen LogP contribution < -0.4 is 5.32 Å². The van der Waals surface area contributed by atoms with Gasteiger partial charge in [0.25, 0.3) is 5.91 Å². The number of rotatable bonds is 7. The molecule has 2 N–H and O–H groups in total. The quantitative estimate of drug-likeness (QED) is 0.575. The van der Waals surface area contributed by atoms with Crippen molar-refractivity contribution in [3.63, 3.8) is 0 Å². The molecule has 0 fully saturated rings. The Kier molecular flexibility index (Phi) is 6.33. The van der Waals surface area contributed by atoms with Crippen LogP contribution in [0.2, 0.25) is 0 Å². The van der Waals surface area contributed by atoms with Crippen molar-refractivity contribution in [1.29, 1.82) is 0 Å². The number of nitrogens with one attached hydrogen (secondary N) is 1. The molecule has 8 heteroatoms. The zero-order valence-electron chi connectivity index (χ0n) is 16.5. The van der Waals surface area contributed by atoms with Crippen molar-refractivity contribution in [2.75, 3.05) is 7.11 Å². The lowest BCUT2D eigenvalue weighted by molar-refractivity contribution is -0.141. The standard InChI is InChI=1S/C21H23N3O4S/c1-13(2)14-6-8-15(9-7-14)24-12-17(25)20(23-24)21(27)22-16(11-19(26)28-3)18-5-4-10-29-18/h4-10,12-13,16,25H,11H2,1-3H3,(H,22,27). The molecule has 1 aromatic carbocycles. The number of methoxy groups -OCH3 is 1. The van der Waals surface area contributed by atoms with E-state index in [0.717, 1.165) is 10.6 Å². The SMILES string of the molecule is COC(=O)CC(NC(=O)c1nn(-c2ccc(C(C)C)cc2)cc1O)c1cccs1. The number of aromatic hydroxyl groups is 1. The van der Waals surface area contributed by atoms with E-state index in [4.69, 9.17) is 4.74 Å². The molecule has 0 spiro atoms. The lowest BCUT2D eigenvalue weighted by atomic mass is 10.0. The van der Waals surface area contributed by atoms with Crippen molar-refractivity contribution in [3.8, 4) is 11.4 Å². The molecule has 3 rings (SSSR count). The van der Waals surface area contributed by atoms with Crippen molar-refractivity contribution >= 4 is 23.2 Å². The summed E-state index contributed by atoms with van der Waals surface area (Å²) in [6.07, 6.45) is 1.38. The molecule has 0 radical (unpaired) electrons.